The van der Waals surface area contributed by atoms with Crippen molar-refractivity contribution < 1.29 is 8.42 Å². The lowest BCUT2D eigenvalue weighted by atomic mass is 10.4. The van der Waals surface area contributed by atoms with Crippen molar-refractivity contribution in [2.75, 3.05) is 31.1 Å². The van der Waals surface area contributed by atoms with Crippen LogP contribution in [0.15, 0.2) is 0 Å². The molecule has 0 atom stereocenters. The Balaban J connectivity index is 2.53. The molecule has 0 amide bonds. The monoisotopic (exact) mass is 177 g/mol. The normalized spacial score (nSPS) is 26.3. The Labute approximate surface area is 68.3 Å². The summed E-state index contributed by atoms with van der Waals surface area (Å²) in [6.45, 7) is 4.70. The molecule has 11 heavy (non-hydrogen) atoms. The van der Waals surface area contributed by atoms with E-state index in [4.69, 9.17) is 0 Å². The predicted octanol–water partition coefficient (Wildman–Crippen LogP) is 0.127. The van der Waals surface area contributed by atoms with E-state index in [1.807, 2.05) is 0 Å². The number of hydrogen-bond donors (Lipinski definition) is 0. The van der Waals surface area contributed by atoms with Gasteiger partial charge in [-0.2, -0.15) is 0 Å². The van der Waals surface area contributed by atoms with E-state index in [1.165, 1.54) is 0 Å². The molecule has 1 aliphatic heterocycles. The average molecular weight is 177 g/mol. The maximum Gasteiger partial charge on any atom is 0.151 e. The van der Waals surface area contributed by atoms with E-state index in [1.54, 1.807) is 0 Å². The second-order valence-corrected chi connectivity index (χ2v) is 5.24. The van der Waals surface area contributed by atoms with Crippen LogP contribution < -0.4 is 0 Å². The van der Waals surface area contributed by atoms with Crippen LogP contribution in [0.2, 0.25) is 0 Å². The molecule has 0 radical (unpaired) electrons. The largest absolute Gasteiger partial charge is 0.303 e. The predicted molar refractivity (Wildman–Crippen MR) is 45.4 cm³/mol. The Hall–Kier alpha value is -0.0900. The second kappa shape index (κ2) is 3.54. The lowest BCUT2D eigenvalue weighted by molar-refractivity contribution is 0.312. The first kappa shape index (κ1) is 9.00. The smallest absolute Gasteiger partial charge is 0.151 e. The van der Waals surface area contributed by atoms with Crippen LogP contribution >= 0.6 is 0 Å². The molecule has 0 aliphatic carbocycles. The fourth-order valence-corrected chi connectivity index (χ4v) is 2.62. The van der Waals surface area contributed by atoms with Gasteiger partial charge in [-0.1, -0.05) is 6.92 Å². The molecule has 1 heterocycles. The van der Waals surface area contributed by atoms with Gasteiger partial charge in [0.25, 0.3) is 0 Å². The fourth-order valence-electron chi connectivity index (χ4n) is 1.31. The lowest BCUT2D eigenvalue weighted by Gasteiger charge is -2.15. The number of sulfone groups is 1. The fraction of sp³-hybridized carbons (Fsp3) is 1.00. The molecule has 0 aromatic heterocycles. The molecule has 1 rings (SSSR count). The number of rotatable bonds is 1. The zero-order valence-corrected chi connectivity index (χ0v) is 7.73. The Bertz CT molecular complexity index is 210. The summed E-state index contributed by atoms with van der Waals surface area (Å²) in [6.07, 6.45) is 0.802. The maximum absolute atomic E-state index is 11.1. The van der Waals surface area contributed by atoms with Crippen LogP contribution in [-0.2, 0) is 9.84 Å². The molecule has 0 spiro atoms. The van der Waals surface area contributed by atoms with Crippen molar-refractivity contribution in [1.29, 1.82) is 0 Å². The Morgan fingerprint density at radius 3 is 2.64 bits per heavy atom. The first-order chi connectivity index (χ1) is 5.14. The van der Waals surface area contributed by atoms with E-state index in [-0.39, 0.29) is 0 Å². The summed E-state index contributed by atoms with van der Waals surface area (Å²) in [5, 5.41) is 0. The molecule has 1 aliphatic rings. The van der Waals surface area contributed by atoms with Gasteiger partial charge in [0.1, 0.15) is 0 Å². The highest BCUT2D eigenvalue weighted by Gasteiger charge is 2.17. The summed E-state index contributed by atoms with van der Waals surface area (Å²) in [5.74, 6) is 0.727. The third-order valence-electron chi connectivity index (χ3n) is 2.10. The number of hydrogen-bond acceptors (Lipinski definition) is 3. The molecule has 66 valence electrons. The van der Waals surface area contributed by atoms with Crippen molar-refractivity contribution in [3.8, 4) is 0 Å². The molecule has 0 aromatic carbocycles. The van der Waals surface area contributed by atoms with Crippen LogP contribution in [0.1, 0.15) is 13.3 Å². The van der Waals surface area contributed by atoms with Gasteiger partial charge in [-0.05, 0) is 19.5 Å². The molecule has 0 N–H and O–H groups in total. The Morgan fingerprint density at radius 1 is 1.27 bits per heavy atom. The van der Waals surface area contributed by atoms with Crippen molar-refractivity contribution in [3.05, 3.63) is 0 Å². The minimum absolute atomic E-state index is 0.348. The molecule has 0 bridgehead atoms. The van der Waals surface area contributed by atoms with Crippen LogP contribution in [0.25, 0.3) is 0 Å². The molecule has 1 saturated heterocycles. The Kier molecular flexibility index (Phi) is 2.90. The zero-order chi connectivity index (χ0) is 8.32. The van der Waals surface area contributed by atoms with Gasteiger partial charge in [-0.3, -0.25) is 0 Å². The molecule has 1 fully saturated rings. The standard InChI is InChI=1S/C7H15NO2S/c1-2-8-4-3-6-11(9,10)7-5-8/h2-7H2,1H3. The van der Waals surface area contributed by atoms with Gasteiger partial charge in [0.2, 0.25) is 0 Å². The number of nitrogens with zero attached hydrogens (tertiary/aromatic N) is 1. The summed E-state index contributed by atoms with van der Waals surface area (Å²) in [6, 6.07) is 0. The third-order valence-corrected chi connectivity index (χ3v) is 3.81. The minimum Gasteiger partial charge on any atom is -0.303 e. The summed E-state index contributed by atoms with van der Waals surface area (Å²) in [7, 11) is -2.70. The van der Waals surface area contributed by atoms with Gasteiger partial charge in [-0.25, -0.2) is 8.42 Å². The second-order valence-electron chi connectivity index (χ2n) is 2.94. The molecular formula is C7H15NO2S. The summed E-state index contributed by atoms with van der Waals surface area (Å²) in [4.78, 5) is 2.19. The van der Waals surface area contributed by atoms with Gasteiger partial charge in [0, 0.05) is 6.54 Å². The van der Waals surface area contributed by atoms with E-state index in [0.29, 0.717) is 11.5 Å². The van der Waals surface area contributed by atoms with Crippen LogP contribution in [0.3, 0.4) is 0 Å². The van der Waals surface area contributed by atoms with Crippen molar-refractivity contribution in [2.24, 2.45) is 0 Å². The molecular weight excluding hydrogens is 162 g/mol. The van der Waals surface area contributed by atoms with Gasteiger partial charge in [0.05, 0.1) is 11.5 Å². The average Bonchev–Trinajstić information content (AvgIpc) is 2.10. The summed E-state index contributed by atoms with van der Waals surface area (Å²) < 4.78 is 22.2. The zero-order valence-electron chi connectivity index (χ0n) is 6.91. The maximum atomic E-state index is 11.1. The van der Waals surface area contributed by atoms with E-state index >= 15 is 0 Å². The Morgan fingerprint density at radius 2 is 2.00 bits per heavy atom. The first-order valence-corrected chi connectivity index (χ1v) is 5.89. The van der Waals surface area contributed by atoms with E-state index in [9.17, 15) is 8.42 Å². The topological polar surface area (TPSA) is 37.4 Å². The van der Waals surface area contributed by atoms with Gasteiger partial charge in [0.15, 0.2) is 9.84 Å². The van der Waals surface area contributed by atoms with E-state index in [2.05, 4.69) is 11.8 Å². The van der Waals surface area contributed by atoms with Crippen molar-refractivity contribution in [2.45, 2.75) is 13.3 Å². The van der Waals surface area contributed by atoms with Gasteiger partial charge >= 0.3 is 0 Å². The van der Waals surface area contributed by atoms with Crippen LogP contribution in [0, 0.1) is 0 Å². The highest BCUT2D eigenvalue weighted by atomic mass is 32.2. The van der Waals surface area contributed by atoms with Crippen molar-refractivity contribution in [3.63, 3.8) is 0 Å². The molecule has 0 unspecified atom stereocenters. The van der Waals surface area contributed by atoms with Crippen molar-refractivity contribution in [1.82, 2.24) is 4.90 Å². The third kappa shape index (κ3) is 2.79. The van der Waals surface area contributed by atoms with Crippen LogP contribution in [0.5, 0.6) is 0 Å². The lowest BCUT2D eigenvalue weighted by Crippen LogP contribution is -2.26. The summed E-state index contributed by atoms with van der Waals surface area (Å²) >= 11 is 0. The minimum atomic E-state index is -2.70. The molecule has 0 saturated carbocycles. The van der Waals surface area contributed by atoms with E-state index < -0.39 is 9.84 Å². The van der Waals surface area contributed by atoms with Gasteiger partial charge < -0.3 is 4.90 Å². The summed E-state index contributed by atoms with van der Waals surface area (Å²) in [5.41, 5.74) is 0. The SMILES string of the molecule is CCN1CCCS(=O)(=O)CC1. The highest BCUT2D eigenvalue weighted by molar-refractivity contribution is 7.91. The molecule has 0 aromatic rings. The first-order valence-electron chi connectivity index (χ1n) is 4.07. The van der Waals surface area contributed by atoms with Crippen LogP contribution in [0.4, 0.5) is 0 Å². The van der Waals surface area contributed by atoms with Crippen molar-refractivity contribution >= 4 is 9.84 Å². The van der Waals surface area contributed by atoms with E-state index in [0.717, 1.165) is 26.1 Å². The highest BCUT2D eigenvalue weighted by Crippen LogP contribution is 2.03. The quantitative estimate of drug-likeness (QED) is 0.571. The molecule has 3 nitrogen and oxygen atoms in total. The van der Waals surface area contributed by atoms with Gasteiger partial charge in [-0.15, -0.1) is 0 Å². The molecule has 4 heteroatoms. The van der Waals surface area contributed by atoms with Crippen LogP contribution in [-0.4, -0.2) is 44.5 Å².